The van der Waals surface area contributed by atoms with Crippen LogP contribution >= 0.6 is 0 Å². The summed E-state index contributed by atoms with van der Waals surface area (Å²) in [6, 6.07) is 7.02. The molecule has 0 saturated carbocycles. The van der Waals surface area contributed by atoms with Gasteiger partial charge in [0.25, 0.3) is 0 Å². The van der Waals surface area contributed by atoms with Crippen LogP contribution in [0.15, 0.2) is 36.7 Å². The second kappa shape index (κ2) is 5.18. The molecule has 4 nitrogen and oxygen atoms in total. The lowest BCUT2D eigenvalue weighted by atomic mass is 10.0. The maximum absolute atomic E-state index is 11.8. The van der Waals surface area contributed by atoms with Gasteiger partial charge in [-0.3, -0.25) is 0 Å². The number of rotatable bonds is 3. The minimum absolute atomic E-state index is 0.201. The van der Waals surface area contributed by atoms with E-state index in [0.29, 0.717) is 5.56 Å². The Labute approximate surface area is 112 Å². The number of phenols is 1. The van der Waals surface area contributed by atoms with Crippen LogP contribution in [-0.4, -0.2) is 22.8 Å². The Morgan fingerprint density at radius 1 is 1.21 bits per heavy atom. The van der Waals surface area contributed by atoms with E-state index < -0.39 is 0 Å². The number of methoxy groups -OCH3 is 1. The topological polar surface area (TPSA) is 51.5 Å². The van der Waals surface area contributed by atoms with Gasteiger partial charge in [0.15, 0.2) is 0 Å². The number of nitrogens with zero attached hydrogens (tertiary/aromatic N) is 1. The van der Waals surface area contributed by atoms with Gasteiger partial charge in [0.1, 0.15) is 5.75 Å². The maximum Gasteiger partial charge on any atom is 0.340 e. The maximum atomic E-state index is 11.8. The highest BCUT2D eigenvalue weighted by Gasteiger charge is 2.17. The molecule has 0 amide bonds. The number of phenolic OH excluding ortho intramolecular Hbond substituents is 1. The molecule has 0 aliphatic heterocycles. The molecule has 2 aromatic rings. The van der Waals surface area contributed by atoms with Crippen molar-refractivity contribution in [3.8, 4) is 16.9 Å². The third-order valence-electron chi connectivity index (χ3n) is 3.03. The van der Waals surface area contributed by atoms with Gasteiger partial charge in [-0.2, -0.15) is 0 Å². The van der Waals surface area contributed by atoms with Gasteiger partial charge in [-0.25, -0.2) is 4.79 Å². The molecule has 100 valence electrons. The van der Waals surface area contributed by atoms with Gasteiger partial charge in [-0.05, 0) is 31.5 Å². The van der Waals surface area contributed by atoms with Crippen molar-refractivity contribution in [2.75, 3.05) is 7.11 Å². The lowest BCUT2D eigenvalue weighted by molar-refractivity contribution is 0.0601. The molecular formula is C15H17NO3. The Hall–Kier alpha value is -2.23. The van der Waals surface area contributed by atoms with Gasteiger partial charge in [0, 0.05) is 24.0 Å². The van der Waals surface area contributed by atoms with E-state index in [-0.39, 0.29) is 17.8 Å². The van der Waals surface area contributed by atoms with Crippen molar-refractivity contribution >= 4 is 5.97 Å². The molecule has 0 bridgehead atoms. The summed E-state index contributed by atoms with van der Waals surface area (Å²) in [5, 5.41) is 9.32. The molecule has 0 saturated heterocycles. The van der Waals surface area contributed by atoms with Crippen LogP contribution in [0.5, 0.6) is 5.75 Å². The fourth-order valence-corrected chi connectivity index (χ4v) is 1.92. The zero-order chi connectivity index (χ0) is 14.0. The molecule has 1 heterocycles. The van der Waals surface area contributed by atoms with Crippen molar-refractivity contribution in [2.24, 2.45) is 0 Å². The number of benzene rings is 1. The Bertz CT molecular complexity index is 582. The summed E-state index contributed by atoms with van der Waals surface area (Å²) in [6.07, 6.45) is 3.71. The zero-order valence-corrected chi connectivity index (χ0v) is 11.3. The largest absolute Gasteiger partial charge is 0.508 e. The summed E-state index contributed by atoms with van der Waals surface area (Å²) in [5.41, 5.74) is 2.21. The van der Waals surface area contributed by atoms with Crippen LogP contribution in [-0.2, 0) is 4.74 Å². The van der Waals surface area contributed by atoms with Crippen molar-refractivity contribution in [3.05, 3.63) is 42.2 Å². The Balaban J connectivity index is 2.54. The molecule has 0 fully saturated rings. The first kappa shape index (κ1) is 13.2. The Morgan fingerprint density at radius 2 is 1.84 bits per heavy atom. The summed E-state index contributed by atoms with van der Waals surface area (Å²) in [6.45, 7) is 4.09. The van der Waals surface area contributed by atoms with E-state index in [9.17, 15) is 9.90 Å². The minimum atomic E-state index is -0.359. The van der Waals surface area contributed by atoms with E-state index in [4.69, 9.17) is 4.74 Å². The predicted molar refractivity (Wildman–Crippen MR) is 73.3 cm³/mol. The van der Waals surface area contributed by atoms with Crippen LogP contribution in [0.25, 0.3) is 11.1 Å². The van der Waals surface area contributed by atoms with E-state index in [0.717, 1.165) is 11.1 Å². The molecule has 1 aromatic heterocycles. The van der Waals surface area contributed by atoms with E-state index >= 15 is 0 Å². The summed E-state index contributed by atoms with van der Waals surface area (Å²) in [5.74, 6) is -0.158. The Morgan fingerprint density at radius 3 is 2.37 bits per heavy atom. The third kappa shape index (κ3) is 2.62. The zero-order valence-electron chi connectivity index (χ0n) is 11.3. The normalized spacial score (nSPS) is 10.7. The van der Waals surface area contributed by atoms with Crippen molar-refractivity contribution in [1.29, 1.82) is 0 Å². The molecule has 0 unspecified atom stereocenters. The molecule has 0 aliphatic rings. The van der Waals surface area contributed by atoms with Gasteiger partial charge in [0.2, 0.25) is 0 Å². The van der Waals surface area contributed by atoms with Crippen molar-refractivity contribution in [2.45, 2.75) is 19.9 Å². The SMILES string of the molecule is COC(=O)c1cn(C(C)C)cc1-c1ccc(O)cc1. The lowest BCUT2D eigenvalue weighted by Crippen LogP contribution is -2.02. The van der Waals surface area contributed by atoms with Crippen LogP contribution < -0.4 is 0 Å². The van der Waals surface area contributed by atoms with Crippen LogP contribution in [0, 0.1) is 0 Å². The monoisotopic (exact) mass is 259 g/mol. The fraction of sp³-hybridized carbons (Fsp3) is 0.267. The number of carbonyl (C=O) groups is 1. The van der Waals surface area contributed by atoms with E-state index in [2.05, 4.69) is 0 Å². The molecule has 19 heavy (non-hydrogen) atoms. The standard InChI is InChI=1S/C15H17NO3/c1-10(2)16-8-13(14(9-16)15(18)19-3)11-4-6-12(17)7-5-11/h4-10,17H,1-3H3. The number of esters is 1. The second-order valence-corrected chi connectivity index (χ2v) is 4.66. The predicted octanol–water partition coefficient (Wildman–Crippen LogP) is 3.23. The smallest absolute Gasteiger partial charge is 0.340 e. The molecule has 0 aliphatic carbocycles. The molecule has 4 heteroatoms. The first-order chi connectivity index (χ1) is 9.02. The highest BCUT2D eigenvalue weighted by molar-refractivity contribution is 5.97. The lowest BCUT2D eigenvalue weighted by Gasteiger charge is -2.05. The summed E-state index contributed by atoms with van der Waals surface area (Å²) >= 11 is 0. The summed E-state index contributed by atoms with van der Waals surface area (Å²) in [7, 11) is 1.37. The van der Waals surface area contributed by atoms with Gasteiger partial charge in [-0.1, -0.05) is 12.1 Å². The third-order valence-corrected chi connectivity index (χ3v) is 3.03. The van der Waals surface area contributed by atoms with Gasteiger partial charge >= 0.3 is 5.97 Å². The highest BCUT2D eigenvalue weighted by atomic mass is 16.5. The Kier molecular flexibility index (Phi) is 3.60. The van der Waals surface area contributed by atoms with Gasteiger partial charge < -0.3 is 14.4 Å². The molecular weight excluding hydrogens is 242 g/mol. The molecule has 1 aromatic carbocycles. The number of aromatic nitrogens is 1. The van der Waals surface area contributed by atoms with Crippen LogP contribution in [0.3, 0.4) is 0 Å². The average Bonchev–Trinajstić information content (AvgIpc) is 2.84. The molecule has 0 spiro atoms. The first-order valence-electron chi connectivity index (χ1n) is 6.12. The fourth-order valence-electron chi connectivity index (χ4n) is 1.92. The average molecular weight is 259 g/mol. The molecule has 1 N–H and O–H groups in total. The van der Waals surface area contributed by atoms with E-state index in [1.54, 1.807) is 30.5 Å². The number of hydrogen-bond acceptors (Lipinski definition) is 3. The number of aromatic hydroxyl groups is 1. The first-order valence-corrected chi connectivity index (χ1v) is 6.12. The van der Waals surface area contributed by atoms with Crippen molar-refractivity contribution < 1.29 is 14.6 Å². The highest BCUT2D eigenvalue weighted by Crippen LogP contribution is 2.28. The van der Waals surface area contributed by atoms with E-state index in [1.807, 2.05) is 24.6 Å². The van der Waals surface area contributed by atoms with Crippen LogP contribution in [0.4, 0.5) is 0 Å². The summed E-state index contributed by atoms with van der Waals surface area (Å²) in [4.78, 5) is 11.8. The van der Waals surface area contributed by atoms with Crippen LogP contribution in [0.1, 0.15) is 30.2 Å². The molecule has 0 radical (unpaired) electrons. The second-order valence-electron chi connectivity index (χ2n) is 4.66. The van der Waals surface area contributed by atoms with Gasteiger partial charge in [-0.15, -0.1) is 0 Å². The summed E-state index contributed by atoms with van der Waals surface area (Å²) < 4.78 is 6.78. The van der Waals surface area contributed by atoms with E-state index in [1.165, 1.54) is 7.11 Å². The molecule has 0 atom stereocenters. The van der Waals surface area contributed by atoms with Crippen LogP contribution in [0.2, 0.25) is 0 Å². The van der Waals surface area contributed by atoms with Crippen molar-refractivity contribution in [3.63, 3.8) is 0 Å². The van der Waals surface area contributed by atoms with Crippen molar-refractivity contribution in [1.82, 2.24) is 4.57 Å². The quantitative estimate of drug-likeness (QED) is 0.861. The van der Waals surface area contributed by atoms with Gasteiger partial charge in [0.05, 0.1) is 12.7 Å². The minimum Gasteiger partial charge on any atom is -0.508 e. The number of hydrogen-bond donors (Lipinski definition) is 1. The number of ether oxygens (including phenoxy) is 1. The number of carbonyl (C=O) groups excluding carboxylic acids is 1. The molecule has 2 rings (SSSR count).